The fraction of sp³-hybridized carbons (Fsp3) is 0.478. The molecule has 0 atom stereocenters. The lowest BCUT2D eigenvalue weighted by Gasteiger charge is -2.40. The summed E-state index contributed by atoms with van der Waals surface area (Å²) in [6, 6.07) is 1.67. The number of carbonyl (C=O) groups excluding carboxylic acids is 3. The van der Waals surface area contributed by atoms with Crippen LogP contribution in [0, 0.1) is 6.92 Å². The van der Waals surface area contributed by atoms with E-state index in [-0.39, 0.29) is 23.5 Å². The fourth-order valence-electron chi connectivity index (χ4n) is 3.91. The van der Waals surface area contributed by atoms with Crippen LogP contribution in [-0.4, -0.2) is 66.1 Å². The minimum absolute atomic E-state index is 0.131. The van der Waals surface area contributed by atoms with Crippen molar-refractivity contribution in [2.24, 2.45) is 0 Å². The topological polar surface area (TPSA) is 99.4 Å². The average molecular weight is 444 g/mol. The molecule has 1 aliphatic rings. The van der Waals surface area contributed by atoms with Gasteiger partial charge in [-0.2, -0.15) is 0 Å². The van der Waals surface area contributed by atoms with Crippen molar-refractivity contribution in [1.82, 2.24) is 9.38 Å². The van der Waals surface area contributed by atoms with Gasteiger partial charge in [0.05, 0.1) is 31.5 Å². The number of nitrogens with zero attached hydrogens (tertiary/aromatic N) is 3. The zero-order valence-corrected chi connectivity index (χ0v) is 19.0. The van der Waals surface area contributed by atoms with E-state index >= 15 is 0 Å². The number of aryl methyl sites for hydroxylation is 1. The molecule has 0 N–H and O–H groups in total. The molecule has 3 rings (SSSR count). The maximum Gasteiger partial charge on any atom is 0.379 e. The lowest BCUT2D eigenvalue weighted by Crippen LogP contribution is -2.45. The Labute approximate surface area is 186 Å². The van der Waals surface area contributed by atoms with Crippen molar-refractivity contribution in [3.63, 3.8) is 0 Å². The lowest BCUT2D eigenvalue weighted by atomic mass is 9.92. The molecule has 0 aromatic carbocycles. The number of aromatic nitrogens is 2. The number of methoxy groups -OCH3 is 1. The summed E-state index contributed by atoms with van der Waals surface area (Å²) in [7, 11) is 1.17. The molecule has 1 fully saturated rings. The fourth-order valence-corrected chi connectivity index (χ4v) is 3.91. The molecule has 2 aromatic heterocycles. The Hall–Kier alpha value is -3.20. The Balaban J connectivity index is 2.10. The predicted molar refractivity (Wildman–Crippen MR) is 118 cm³/mol. The van der Waals surface area contributed by atoms with Gasteiger partial charge < -0.3 is 19.1 Å². The zero-order valence-electron chi connectivity index (χ0n) is 19.0. The number of ketones is 1. The zero-order chi connectivity index (χ0) is 23.5. The quantitative estimate of drug-likeness (QED) is 0.266. The monoisotopic (exact) mass is 443 g/mol. The largest absolute Gasteiger partial charge is 0.463 e. The minimum Gasteiger partial charge on any atom is -0.463 e. The molecule has 0 spiro atoms. The van der Waals surface area contributed by atoms with Crippen molar-refractivity contribution in [3.05, 3.63) is 41.7 Å². The van der Waals surface area contributed by atoms with E-state index in [4.69, 9.17) is 14.2 Å². The first-order chi connectivity index (χ1) is 15.2. The number of rotatable bonds is 8. The molecular formula is C23H29N3O6. The number of imidazole rings is 1. The minimum atomic E-state index is -0.949. The third kappa shape index (κ3) is 4.52. The Morgan fingerprint density at radius 3 is 2.56 bits per heavy atom. The standard InChI is InChI=1S/C23H29N3O6/c1-6-12-32-23(4)8-10-25(11-9-23)20-18(19(27)22(29)30-5)15(3)13-17-24-16(14-26(17)20)21(28)31-7-2/h6,13-14H,1,7-12H2,2-5H3. The van der Waals surface area contributed by atoms with Gasteiger partial charge in [-0.3, -0.25) is 9.20 Å². The summed E-state index contributed by atoms with van der Waals surface area (Å²) in [5, 5.41) is 0. The van der Waals surface area contributed by atoms with Gasteiger partial charge in [0.1, 0.15) is 11.5 Å². The molecule has 0 aliphatic carbocycles. The molecule has 2 aromatic rings. The SMILES string of the molecule is C=CCOC1(C)CCN(c2c(C(=O)C(=O)OC)c(C)cc3nc(C(=O)OCC)cn23)CC1. The molecule has 3 heterocycles. The number of fused-ring (bicyclic) bond motifs is 1. The number of hydrogen-bond donors (Lipinski definition) is 0. The van der Waals surface area contributed by atoms with Crippen LogP contribution in [0.3, 0.4) is 0 Å². The first-order valence-corrected chi connectivity index (χ1v) is 10.6. The van der Waals surface area contributed by atoms with Crippen LogP contribution in [0.4, 0.5) is 5.82 Å². The highest BCUT2D eigenvalue weighted by Crippen LogP contribution is 2.33. The highest BCUT2D eigenvalue weighted by molar-refractivity contribution is 6.42. The van der Waals surface area contributed by atoms with Crippen molar-refractivity contribution >= 4 is 29.2 Å². The van der Waals surface area contributed by atoms with Gasteiger partial charge in [0, 0.05) is 19.3 Å². The number of pyridine rings is 1. The van der Waals surface area contributed by atoms with Crippen LogP contribution in [-0.2, 0) is 19.0 Å². The lowest BCUT2D eigenvalue weighted by molar-refractivity contribution is -0.135. The van der Waals surface area contributed by atoms with Crippen molar-refractivity contribution in [2.75, 3.05) is 38.3 Å². The number of hydrogen-bond acceptors (Lipinski definition) is 8. The van der Waals surface area contributed by atoms with Gasteiger partial charge in [-0.05, 0) is 45.2 Å². The van der Waals surface area contributed by atoms with Crippen molar-refractivity contribution < 1.29 is 28.6 Å². The number of ether oxygens (including phenoxy) is 3. The van der Waals surface area contributed by atoms with Crippen LogP contribution < -0.4 is 4.90 Å². The summed E-state index contributed by atoms with van der Waals surface area (Å²) in [5.41, 5.74) is 1.10. The summed E-state index contributed by atoms with van der Waals surface area (Å²) in [6.45, 7) is 11.1. The van der Waals surface area contributed by atoms with E-state index in [0.29, 0.717) is 49.6 Å². The summed E-state index contributed by atoms with van der Waals surface area (Å²) < 4.78 is 17.4. The Kier molecular flexibility index (Phi) is 6.98. The van der Waals surface area contributed by atoms with Crippen molar-refractivity contribution in [1.29, 1.82) is 0 Å². The van der Waals surface area contributed by atoms with Gasteiger partial charge in [-0.1, -0.05) is 6.08 Å². The molecule has 0 bridgehead atoms. The molecular weight excluding hydrogens is 414 g/mol. The number of piperidine rings is 1. The summed E-state index contributed by atoms with van der Waals surface area (Å²) in [6.07, 6.45) is 4.68. The molecule has 32 heavy (non-hydrogen) atoms. The predicted octanol–water partition coefficient (Wildman–Crippen LogP) is 2.74. The second-order valence-electron chi connectivity index (χ2n) is 7.96. The molecule has 0 radical (unpaired) electrons. The van der Waals surface area contributed by atoms with Gasteiger partial charge >= 0.3 is 11.9 Å². The van der Waals surface area contributed by atoms with Crippen LogP contribution in [0.2, 0.25) is 0 Å². The third-order valence-electron chi connectivity index (χ3n) is 5.68. The van der Waals surface area contributed by atoms with Crippen LogP contribution in [0.1, 0.15) is 53.1 Å². The summed E-state index contributed by atoms with van der Waals surface area (Å²) in [4.78, 5) is 43.8. The van der Waals surface area contributed by atoms with E-state index in [2.05, 4.69) is 18.5 Å². The van der Waals surface area contributed by atoms with Crippen molar-refractivity contribution in [2.45, 2.75) is 39.2 Å². The second-order valence-corrected chi connectivity index (χ2v) is 7.96. The second kappa shape index (κ2) is 9.52. The first-order valence-electron chi connectivity index (χ1n) is 10.6. The molecule has 0 amide bonds. The van der Waals surface area contributed by atoms with E-state index in [9.17, 15) is 14.4 Å². The van der Waals surface area contributed by atoms with Crippen molar-refractivity contribution in [3.8, 4) is 0 Å². The molecule has 172 valence electrons. The van der Waals surface area contributed by atoms with E-state index in [1.807, 2.05) is 4.90 Å². The van der Waals surface area contributed by atoms with Crippen LogP contribution in [0.15, 0.2) is 24.9 Å². The first kappa shape index (κ1) is 23.5. The molecule has 0 unspecified atom stereocenters. The van der Waals surface area contributed by atoms with Crippen LogP contribution >= 0.6 is 0 Å². The smallest absolute Gasteiger partial charge is 0.379 e. The Morgan fingerprint density at radius 2 is 1.97 bits per heavy atom. The van der Waals surface area contributed by atoms with E-state index in [1.54, 1.807) is 30.4 Å². The van der Waals surface area contributed by atoms with Gasteiger partial charge in [-0.25, -0.2) is 14.6 Å². The van der Waals surface area contributed by atoms with Crippen LogP contribution in [0.25, 0.3) is 5.65 Å². The van der Waals surface area contributed by atoms with Gasteiger partial charge in [0.2, 0.25) is 0 Å². The molecule has 9 nitrogen and oxygen atoms in total. The Morgan fingerprint density at radius 1 is 1.28 bits per heavy atom. The van der Waals surface area contributed by atoms with Gasteiger partial charge in [0.15, 0.2) is 5.69 Å². The number of esters is 2. The highest BCUT2D eigenvalue weighted by Gasteiger charge is 2.35. The number of carbonyl (C=O) groups is 3. The molecule has 1 saturated heterocycles. The van der Waals surface area contributed by atoms with E-state index < -0.39 is 17.7 Å². The number of Topliss-reactive ketones (excluding diaryl/α,β-unsaturated/α-hetero) is 1. The average Bonchev–Trinajstić information content (AvgIpc) is 3.20. The Bertz CT molecular complexity index is 1050. The van der Waals surface area contributed by atoms with Gasteiger partial charge in [-0.15, -0.1) is 6.58 Å². The van der Waals surface area contributed by atoms with E-state index in [1.165, 1.54) is 13.3 Å². The molecule has 0 saturated carbocycles. The third-order valence-corrected chi connectivity index (χ3v) is 5.68. The normalized spacial score (nSPS) is 15.4. The highest BCUT2D eigenvalue weighted by atomic mass is 16.5. The van der Waals surface area contributed by atoms with E-state index in [0.717, 1.165) is 0 Å². The maximum atomic E-state index is 13.0. The number of anilines is 1. The summed E-state index contributed by atoms with van der Waals surface area (Å²) >= 11 is 0. The summed E-state index contributed by atoms with van der Waals surface area (Å²) in [5.74, 6) is -1.74. The molecule has 1 aliphatic heterocycles. The van der Waals surface area contributed by atoms with Crippen LogP contribution in [0.5, 0.6) is 0 Å². The van der Waals surface area contributed by atoms with Gasteiger partial charge in [0.25, 0.3) is 5.78 Å². The molecule has 9 heteroatoms. The maximum absolute atomic E-state index is 13.0.